The Bertz CT molecular complexity index is 428. The van der Waals surface area contributed by atoms with Crippen molar-refractivity contribution < 1.29 is 27.1 Å². The van der Waals surface area contributed by atoms with Gasteiger partial charge in [0.05, 0.1) is 5.02 Å². The predicted molar refractivity (Wildman–Crippen MR) is 48.1 cm³/mol. The van der Waals surface area contributed by atoms with E-state index in [1.165, 1.54) is 0 Å². The zero-order valence-electron chi connectivity index (χ0n) is 7.86. The maximum atomic E-state index is 13.0. The standard InChI is InChI=1S/C9H5ClF4O2/c1-4(15)5-2-8(16-9(12,13)14)7(11)3-6(5)10/h2-3H,1H3. The van der Waals surface area contributed by atoms with Crippen LogP contribution in [0.1, 0.15) is 17.3 Å². The lowest BCUT2D eigenvalue weighted by Gasteiger charge is -2.11. The normalized spacial score (nSPS) is 11.4. The van der Waals surface area contributed by atoms with Gasteiger partial charge in [-0.3, -0.25) is 4.79 Å². The van der Waals surface area contributed by atoms with E-state index in [2.05, 4.69) is 4.74 Å². The van der Waals surface area contributed by atoms with Crippen molar-refractivity contribution in [2.45, 2.75) is 13.3 Å². The second-order valence-electron chi connectivity index (χ2n) is 2.87. The molecule has 0 heterocycles. The summed E-state index contributed by atoms with van der Waals surface area (Å²) in [7, 11) is 0. The van der Waals surface area contributed by atoms with Crippen molar-refractivity contribution >= 4 is 17.4 Å². The van der Waals surface area contributed by atoms with Gasteiger partial charge in [-0.05, 0) is 19.1 Å². The fourth-order valence-electron chi connectivity index (χ4n) is 1.00. The third kappa shape index (κ3) is 3.10. The number of halogens is 5. The van der Waals surface area contributed by atoms with Gasteiger partial charge in [-0.1, -0.05) is 11.6 Å². The summed E-state index contributed by atoms with van der Waals surface area (Å²) in [6, 6.07) is 1.22. The average molecular weight is 257 g/mol. The summed E-state index contributed by atoms with van der Waals surface area (Å²) in [6.45, 7) is 1.09. The van der Waals surface area contributed by atoms with Crippen LogP contribution in [-0.2, 0) is 0 Å². The number of hydrogen-bond donors (Lipinski definition) is 0. The van der Waals surface area contributed by atoms with Crippen molar-refractivity contribution in [2.24, 2.45) is 0 Å². The van der Waals surface area contributed by atoms with Crippen LogP contribution in [0.5, 0.6) is 5.75 Å². The molecule has 0 atom stereocenters. The fourth-order valence-corrected chi connectivity index (χ4v) is 1.29. The lowest BCUT2D eigenvalue weighted by Crippen LogP contribution is -2.18. The molecule has 0 fully saturated rings. The first kappa shape index (κ1) is 12.8. The lowest BCUT2D eigenvalue weighted by molar-refractivity contribution is -0.275. The quantitative estimate of drug-likeness (QED) is 0.597. The van der Waals surface area contributed by atoms with Crippen LogP contribution < -0.4 is 4.74 Å². The minimum Gasteiger partial charge on any atom is -0.403 e. The molecular weight excluding hydrogens is 252 g/mol. The van der Waals surface area contributed by atoms with E-state index in [1.54, 1.807) is 0 Å². The maximum absolute atomic E-state index is 13.0. The molecule has 0 aliphatic carbocycles. The van der Waals surface area contributed by atoms with E-state index in [4.69, 9.17) is 11.6 Å². The van der Waals surface area contributed by atoms with Gasteiger partial charge in [0, 0.05) is 5.56 Å². The Balaban J connectivity index is 3.20. The molecule has 7 heteroatoms. The third-order valence-corrected chi connectivity index (χ3v) is 1.94. The summed E-state index contributed by atoms with van der Waals surface area (Å²) in [6.07, 6.45) is -5.03. The van der Waals surface area contributed by atoms with Gasteiger partial charge in [-0.25, -0.2) is 4.39 Å². The van der Waals surface area contributed by atoms with Crippen LogP contribution in [0.15, 0.2) is 12.1 Å². The number of carbonyl (C=O) groups is 1. The molecule has 1 rings (SSSR count). The van der Waals surface area contributed by atoms with E-state index < -0.39 is 23.7 Å². The first-order valence-electron chi connectivity index (χ1n) is 3.96. The Morgan fingerprint density at radius 2 is 1.94 bits per heavy atom. The van der Waals surface area contributed by atoms with Gasteiger partial charge in [0.1, 0.15) is 0 Å². The summed E-state index contributed by atoms with van der Waals surface area (Å²) in [5.74, 6) is -2.95. The van der Waals surface area contributed by atoms with Gasteiger partial charge in [-0.15, -0.1) is 13.2 Å². The Labute approximate surface area is 92.8 Å². The summed E-state index contributed by atoms with van der Waals surface area (Å²) in [4.78, 5) is 11.0. The van der Waals surface area contributed by atoms with Crippen LogP contribution >= 0.6 is 11.6 Å². The van der Waals surface area contributed by atoms with Crippen LogP contribution in [0.3, 0.4) is 0 Å². The number of alkyl halides is 3. The highest BCUT2D eigenvalue weighted by Gasteiger charge is 2.32. The summed E-state index contributed by atoms with van der Waals surface area (Å²) >= 11 is 5.47. The number of Topliss-reactive ketones (excluding diaryl/α,β-unsaturated/α-hetero) is 1. The average Bonchev–Trinajstić information content (AvgIpc) is 2.07. The number of rotatable bonds is 2. The van der Waals surface area contributed by atoms with E-state index in [0.717, 1.165) is 6.92 Å². The molecule has 16 heavy (non-hydrogen) atoms. The second-order valence-corrected chi connectivity index (χ2v) is 3.27. The number of ketones is 1. The van der Waals surface area contributed by atoms with E-state index in [-0.39, 0.29) is 10.6 Å². The highest BCUT2D eigenvalue weighted by Crippen LogP contribution is 2.30. The molecule has 0 N–H and O–H groups in total. The van der Waals surface area contributed by atoms with E-state index >= 15 is 0 Å². The minimum absolute atomic E-state index is 0.234. The monoisotopic (exact) mass is 256 g/mol. The molecule has 0 aliphatic heterocycles. The van der Waals surface area contributed by atoms with Gasteiger partial charge in [0.2, 0.25) is 0 Å². The van der Waals surface area contributed by atoms with Crippen molar-refractivity contribution in [1.82, 2.24) is 0 Å². The van der Waals surface area contributed by atoms with E-state index in [0.29, 0.717) is 12.1 Å². The molecule has 0 bridgehead atoms. The lowest BCUT2D eigenvalue weighted by atomic mass is 10.1. The maximum Gasteiger partial charge on any atom is 0.573 e. The summed E-state index contributed by atoms with van der Waals surface area (Å²) in [5.41, 5.74) is -0.234. The van der Waals surface area contributed by atoms with Gasteiger partial charge < -0.3 is 4.74 Å². The molecule has 0 amide bonds. The first-order valence-corrected chi connectivity index (χ1v) is 4.34. The Hall–Kier alpha value is -1.30. The molecule has 0 spiro atoms. The molecule has 0 saturated carbocycles. The Kier molecular flexibility index (Phi) is 3.42. The fraction of sp³-hybridized carbons (Fsp3) is 0.222. The molecule has 0 unspecified atom stereocenters. The second kappa shape index (κ2) is 4.29. The molecule has 0 radical (unpaired) electrons. The first-order chi connectivity index (χ1) is 7.20. The highest BCUT2D eigenvalue weighted by molar-refractivity contribution is 6.33. The van der Waals surface area contributed by atoms with Gasteiger partial charge >= 0.3 is 6.36 Å². The van der Waals surface area contributed by atoms with Gasteiger partial charge in [0.25, 0.3) is 0 Å². The van der Waals surface area contributed by atoms with Crippen molar-refractivity contribution in [3.05, 3.63) is 28.5 Å². The molecule has 1 aromatic carbocycles. The van der Waals surface area contributed by atoms with Gasteiger partial charge in [0.15, 0.2) is 17.3 Å². The molecular formula is C9H5ClF4O2. The number of hydrogen-bond acceptors (Lipinski definition) is 2. The Morgan fingerprint density at radius 1 is 1.38 bits per heavy atom. The van der Waals surface area contributed by atoms with Crippen LogP contribution in [0, 0.1) is 5.82 Å². The van der Waals surface area contributed by atoms with Crippen LogP contribution in [0.25, 0.3) is 0 Å². The van der Waals surface area contributed by atoms with Crippen molar-refractivity contribution in [3.63, 3.8) is 0 Å². The van der Waals surface area contributed by atoms with Gasteiger partial charge in [-0.2, -0.15) is 0 Å². The van der Waals surface area contributed by atoms with E-state index in [9.17, 15) is 22.4 Å². The predicted octanol–water partition coefficient (Wildman–Crippen LogP) is 3.58. The topological polar surface area (TPSA) is 26.3 Å². The van der Waals surface area contributed by atoms with Crippen LogP contribution in [0.4, 0.5) is 17.6 Å². The van der Waals surface area contributed by atoms with Crippen molar-refractivity contribution in [1.29, 1.82) is 0 Å². The third-order valence-electron chi connectivity index (χ3n) is 1.63. The number of ether oxygens (including phenoxy) is 1. The summed E-state index contributed by atoms with van der Waals surface area (Å²) < 4.78 is 51.9. The zero-order chi connectivity index (χ0) is 12.5. The molecule has 88 valence electrons. The highest BCUT2D eigenvalue weighted by atomic mass is 35.5. The van der Waals surface area contributed by atoms with Crippen molar-refractivity contribution in [2.75, 3.05) is 0 Å². The molecule has 0 aromatic heterocycles. The van der Waals surface area contributed by atoms with Crippen LogP contribution in [0.2, 0.25) is 5.02 Å². The van der Waals surface area contributed by atoms with Crippen molar-refractivity contribution in [3.8, 4) is 5.75 Å². The Morgan fingerprint density at radius 3 is 2.38 bits per heavy atom. The molecule has 2 nitrogen and oxygen atoms in total. The smallest absolute Gasteiger partial charge is 0.403 e. The van der Waals surface area contributed by atoms with Crippen LogP contribution in [-0.4, -0.2) is 12.1 Å². The molecule has 1 aromatic rings. The molecule has 0 saturated heterocycles. The number of benzene rings is 1. The zero-order valence-corrected chi connectivity index (χ0v) is 8.62. The summed E-state index contributed by atoms with van der Waals surface area (Å²) in [5, 5.41) is -0.264. The van der Waals surface area contributed by atoms with E-state index in [1.807, 2.05) is 0 Å². The minimum atomic E-state index is -5.03. The largest absolute Gasteiger partial charge is 0.573 e. The SMILES string of the molecule is CC(=O)c1cc(OC(F)(F)F)c(F)cc1Cl. The number of carbonyl (C=O) groups excluding carboxylic acids is 1. The molecule has 0 aliphatic rings.